The SMILES string of the molecule is CCCCOCCOCC(=O)Nn1c(-c2ccccc2)nc2ccccc2c1=O. The minimum Gasteiger partial charge on any atom is -0.379 e. The Morgan fingerprint density at radius 3 is 2.52 bits per heavy atom. The second-order valence-corrected chi connectivity index (χ2v) is 6.51. The molecule has 0 saturated heterocycles. The van der Waals surface area contributed by atoms with Crippen LogP contribution >= 0.6 is 0 Å². The van der Waals surface area contributed by atoms with E-state index in [1.54, 1.807) is 18.2 Å². The number of ether oxygens (including phenoxy) is 2. The van der Waals surface area contributed by atoms with E-state index in [0.717, 1.165) is 18.4 Å². The van der Waals surface area contributed by atoms with Crippen LogP contribution in [0.25, 0.3) is 22.3 Å². The third-order valence-electron chi connectivity index (χ3n) is 4.29. The summed E-state index contributed by atoms with van der Waals surface area (Å²) in [5.74, 6) is -0.0690. The van der Waals surface area contributed by atoms with Crippen molar-refractivity contribution in [2.75, 3.05) is 31.9 Å². The summed E-state index contributed by atoms with van der Waals surface area (Å²) in [6.07, 6.45) is 2.07. The van der Waals surface area contributed by atoms with Crippen molar-refractivity contribution in [2.45, 2.75) is 19.8 Å². The topological polar surface area (TPSA) is 82.4 Å². The van der Waals surface area contributed by atoms with Gasteiger partial charge in [0.05, 0.1) is 24.1 Å². The maximum Gasteiger partial charge on any atom is 0.280 e. The van der Waals surface area contributed by atoms with E-state index in [1.807, 2.05) is 36.4 Å². The van der Waals surface area contributed by atoms with Crippen LogP contribution in [-0.4, -0.2) is 42.0 Å². The summed E-state index contributed by atoms with van der Waals surface area (Å²) in [4.78, 5) is 29.9. The predicted octanol–water partition coefficient (Wildman–Crippen LogP) is 2.97. The van der Waals surface area contributed by atoms with Gasteiger partial charge in [-0.15, -0.1) is 0 Å². The number of hydrogen-bond donors (Lipinski definition) is 1. The van der Waals surface area contributed by atoms with Gasteiger partial charge in [0.25, 0.3) is 11.5 Å². The zero-order valence-corrected chi connectivity index (χ0v) is 16.5. The lowest BCUT2D eigenvalue weighted by molar-refractivity contribution is -0.122. The normalized spacial score (nSPS) is 10.9. The van der Waals surface area contributed by atoms with E-state index in [9.17, 15) is 9.59 Å². The Bertz CT molecular complexity index is 1000. The van der Waals surface area contributed by atoms with E-state index in [1.165, 1.54) is 4.68 Å². The number of rotatable bonds is 10. The Morgan fingerprint density at radius 2 is 1.72 bits per heavy atom. The first-order valence-corrected chi connectivity index (χ1v) is 9.73. The maximum atomic E-state index is 13.0. The largest absolute Gasteiger partial charge is 0.379 e. The van der Waals surface area contributed by atoms with Crippen LogP contribution in [0.4, 0.5) is 0 Å². The summed E-state index contributed by atoms with van der Waals surface area (Å²) >= 11 is 0. The van der Waals surface area contributed by atoms with Crippen LogP contribution in [0.5, 0.6) is 0 Å². The summed E-state index contributed by atoms with van der Waals surface area (Å²) in [6, 6.07) is 16.3. The quantitative estimate of drug-likeness (QED) is 0.534. The average Bonchev–Trinajstić information content (AvgIpc) is 2.75. The van der Waals surface area contributed by atoms with Gasteiger partial charge in [-0.05, 0) is 18.6 Å². The molecule has 0 saturated carbocycles. The third-order valence-corrected chi connectivity index (χ3v) is 4.29. The van der Waals surface area contributed by atoms with E-state index < -0.39 is 5.91 Å². The Hall–Kier alpha value is -3.03. The highest BCUT2D eigenvalue weighted by Gasteiger charge is 2.14. The van der Waals surface area contributed by atoms with Gasteiger partial charge in [0.2, 0.25) is 0 Å². The standard InChI is InChI=1S/C22H25N3O4/c1-2-3-13-28-14-15-29-16-20(26)24-25-21(17-9-5-4-6-10-17)23-19-12-8-7-11-18(19)22(25)27/h4-12H,2-3,13-16H2,1H3,(H,24,26). The van der Waals surface area contributed by atoms with Gasteiger partial charge < -0.3 is 9.47 Å². The molecule has 1 aromatic heterocycles. The fraction of sp³-hybridized carbons (Fsp3) is 0.318. The molecule has 0 aliphatic heterocycles. The maximum absolute atomic E-state index is 13.0. The molecule has 0 radical (unpaired) electrons. The van der Waals surface area contributed by atoms with Gasteiger partial charge in [0.1, 0.15) is 6.61 Å². The molecule has 1 heterocycles. The first-order valence-electron chi connectivity index (χ1n) is 9.73. The molecule has 29 heavy (non-hydrogen) atoms. The molecule has 0 spiro atoms. The fourth-order valence-corrected chi connectivity index (χ4v) is 2.81. The van der Waals surface area contributed by atoms with Gasteiger partial charge >= 0.3 is 0 Å². The molecule has 152 valence electrons. The van der Waals surface area contributed by atoms with Gasteiger partial charge in [0.15, 0.2) is 5.82 Å². The average molecular weight is 395 g/mol. The van der Waals surface area contributed by atoms with Gasteiger partial charge in [-0.1, -0.05) is 55.8 Å². The molecule has 0 aliphatic carbocycles. The molecule has 3 aromatic rings. The molecule has 0 fully saturated rings. The van der Waals surface area contributed by atoms with Crippen molar-refractivity contribution in [1.82, 2.24) is 9.66 Å². The van der Waals surface area contributed by atoms with E-state index in [0.29, 0.717) is 36.5 Å². The van der Waals surface area contributed by atoms with Crippen molar-refractivity contribution in [3.8, 4) is 11.4 Å². The molecule has 2 aromatic carbocycles. The van der Waals surface area contributed by atoms with Crippen molar-refractivity contribution >= 4 is 16.8 Å². The Morgan fingerprint density at radius 1 is 1.00 bits per heavy atom. The number of benzene rings is 2. The lowest BCUT2D eigenvalue weighted by atomic mass is 10.2. The number of unbranched alkanes of at least 4 members (excludes halogenated alkanes) is 1. The third kappa shape index (κ3) is 5.49. The van der Waals surface area contributed by atoms with E-state index in [4.69, 9.17) is 9.47 Å². The second kappa shape index (κ2) is 10.5. The van der Waals surface area contributed by atoms with Crippen molar-refractivity contribution in [2.24, 2.45) is 0 Å². The first kappa shape index (κ1) is 20.7. The number of carbonyl (C=O) groups excluding carboxylic acids is 1. The zero-order chi connectivity index (χ0) is 20.5. The highest BCUT2D eigenvalue weighted by molar-refractivity contribution is 5.87. The van der Waals surface area contributed by atoms with Gasteiger partial charge in [0, 0.05) is 12.2 Å². The van der Waals surface area contributed by atoms with Gasteiger partial charge in [-0.3, -0.25) is 15.0 Å². The summed E-state index contributed by atoms with van der Waals surface area (Å²) in [5.41, 5.74) is 3.57. The number of para-hydroxylation sites is 1. The van der Waals surface area contributed by atoms with Crippen LogP contribution < -0.4 is 11.0 Å². The lowest BCUT2D eigenvalue weighted by Crippen LogP contribution is -2.37. The molecule has 0 atom stereocenters. The molecule has 0 bridgehead atoms. The summed E-state index contributed by atoms with van der Waals surface area (Å²) < 4.78 is 11.9. The highest BCUT2D eigenvalue weighted by Crippen LogP contribution is 2.17. The molecule has 7 heteroatoms. The number of hydrogen-bond acceptors (Lipinski definition) is 5. The molecular formula is C22H25N3O4. The molecule has 1 N–H and O–H groups in total. The monoisotopic (exact) mass is 395 g/mol. The number of carbonyl (C=O) groups is 1. The van der Waals surface area contributed by atoms with Crippen molar-refractivity contribution < 1.29 is 14.3 Å². The van der Waals surface area contributed by atoms with E-state index >= 15 is 0 Å². The molecule has 7 nitrogen and oxygen atoms in total. The number of nitrogens with zero attached hydrogens (tertiary/aromatic N) is 2. The van der Waals surface area contributed by atoms with Crippen molar-refractivity contribution in [1.29, 1.82) is 0 Å². The Labute approximate surface area is 169 Å². The minimum absolute atomic E-state index is 0.176. The molecule has 1 amide bonds. The van der Waals surface area contributed by atoms with Crippen molar-refractivity contribution in [3.63, 3.8) is 0 Å². The van der Waals surface area contributed by atoms with Crippen molar-refractivity contribution in [3.05, 3.63) is 65.0 Å². The molecule has 3 rings (SSSR count). The van der Waals surface area contributed by atoms with E-state index in [2.05, 4.69) is 17.3 Å². The lowest BCUT2D eigenvalue weighted by Gasteiger charge is -2.14. The number of nitrogens with one attached hydrogen (secondary N) is 1. The molecule has 0 unspecified atom stereocenters. The Balaban J connectivity index is 1.75. The summed E-state index contributed by atoms with van der Waals surface area (Å²) in [5, 5.41) is 0.428. The summed E-state index contributed by atoms with van der Waals surface area (Å²) in [6.45, 7) is 3.35. The highest BCUT2D eigenvalue weighted by atomic mass is 16.5. The molecular weight excluding hydrogens is 370 g/mol. The van der Waals surface area contributed by atoms with E-state index in [-0.39, 0.29) is 12.2 Å². The Kier molecular flexibility index (Phi) is 7.49. The zero-order valence-electron chi connectivity index (χ0n) is 16.5. The van der Waals surface area contributed by atoms with Crippen LogP contribution in [0.2, 0.25) is 0 Å². The van der Waals surface area contributed by atoms with Crippen LogP contribution in [0.1, 0.15) is 19.8 Å². The van der Waals surface area contributed by atoms with Crippen LogP contribution in [0.3, 0.4) is 0 Å². The number of aromatic nitrogens is 2. The van der Waals surface area contributed by atoms with Gasteiger partial charge in [-0.2, -0.15) is 4.68 Å². The number of fused-ring (bicyclic) bond motifs is 1. The first-order chi connectivity index (χ1) is 14.2. The number of amides is 1. The van der Waals surface area contributed by atoms with Gasteiger partial charge in [-0.25, -0.2) is 4.98 Å². The fourth-order valence-electron chi connectivity index (χ4n) is 2.81. The van der Waals surface area contributed by atoms with Crippen LogP contribution in [0.15, 0.2) is 59.4 Å². The summed E-state index contributed by atoms with van der Waals surface area (Å²) in [7, 11) is 0. The van der Waals surface area contributed by atoms with Crippen LogP contribution in [-0.2, 0) is 14.3 Å². The smallest absolute Gasteiger partial charge is 0.280 e. The molecule has 0 aliphatic rings. The van der Waals surface area contributed by atoms with Crippen LogP contribution in [0, 0.1) is 0 Å². The minimum atomic E-state index is -0.435. The predicted molar refractivity (Wildman–Crippen MR) is 112 cm³/mol. The second-order valence-electron chi connectivity index (χ2n) is 6.51.